The van der Waals surface area contributed by atoms with Crippen LogP contribution in [-0.4, -0.2) is 23.9 Å². The van der Waals surface area contributed by atoms with E-state index in [2.05, 4.69) is 15.6 Å². The third-order valence-electron chi connectivity index (χ3n) is 3.68. The molecule has 0 fully saturated rings. The fourth-order valence-electron chi connectivity index (χ4n) is 2.43. The summed E-state index contributed by atoms with van der Waals surface area (Å²) in [5.41, 5.74) is 1.12. The van der Waals surface area contributed by atoms with E-state index in [9.17, 15) is 9.59 Å². The number of rotatable bonds is 5. The Morgan fingerprint density at radius 2 is 1.46 bits per heavy atom. The lowest BCUT2D eigenvalue weighted by atomic mass is 10.1. The Hall–Kier alpha value is -3.67. The molecule has 2 amide bonds. The van der Waals surface area contributed by atoms with Crippen molar-refractivity contribution in [3.8, 4) is 5.75 Å². The Morgan fingerprint density at radius 1 is 0.808 bits per heavy atom. The van der Waals surface area contributed by atoms with Gasteiger partial charge in [-0.1, -0.05) is 30.3 Å². The first-order valence-electron chi connectivity index (χ1n) is 7.95. The number of amides is 2. The summed E-state index contributed by atoms with van der Waals surface area (Å²) >= 11 is 0. The zero-order chi connectivity index (χ0) is 18.4. The first kappa shape index (κ1) is 17.2. The van der Waals surface area contributed by atoms with Gasteiger partial charge in [0.05, 0.1) is 23.9 Å². The van der Waals surface area contributed by atoms with Gasteiger partial charge < -0.3 is 15.4 Å². The first-order chi connectivity index (χ1) is 12.7. The zero-order valence-electron chi connectivity index (χ0n) is 14.1. The monoisotopic (exact) mass is 347 g/mol. The molecule has 0 atom stereocenters. The molecule has 0 bridgehead atoms. The number of hydrogen-bond acceptors (Lipinski definition) is 4. The van der Waals surface area contributed by atoms with Gasteiger partial charge in [-0.3, -0.25) is 9.59 Å². The number of para-hydroxylation sites is 2. The number of nitrogens with one attached hydrogen (secondary N) is 2. The lowest BCUT2D eigenvalue weighted by molar-refractivity contribution is 0.102. The van der Waals surface area contributed by atoms with Crippen LogP contribution >= 0.6 is 0 Å². The molecule has 3 aromatic rings. The first-order valence-corrected chi connectivity index (χ1v) is 7.95. The Bertz CT molecular complexity index is 926. The number of carbonyl (C=O) groups is 2. The molecule has 2 aromatic carbocycles. The van der Waals surface area contributed by atoms with Crippen molar-refractivity contribution < 1.29 is 14.3 Å². The highest BCUT2D eigenvalue weighted by Gasteiger charge is 2.16. The van der Waals surface area contributed by atoms with E-state index >= 15 is 0 Å². The number of methoxy groups -OCH3 is 1. The molecule has 0 saturated carbocycles. The molecule has 3 rings (SSSR count). The molecule has 0 saturated heterocycles. The van der Waals surface area contributed by atoms with E-state index in [0.29, 0.717) is 28.4 Å². The van der Waals surface area contributed by atoms with Gasteiger partial charge in [0, 0.05) is 6.20 Å². The smallest absolute Gasteiger partial charge is 0.259 e. The molecule has 0 aliphatic carbocycles. The molecular formula is C20H17N3O3. The lowest BCUT2D eigenvalue weighted by Crippen LogP contribution is -2.19. The molecule has 6 heteroatoms. The second-order valence-electron chi connectivity index (χ2n) is 5.37. The number of ether oxygens (including phenoxy) is 1. The average Bonchev–Trinajstić information content (AvgIpc) is 2.69. The summed E-state index contributed by atoms with van der Waals surface area (Å²) in [6, 6.07) is 18.9. The predicted molar refractivity (Wildman–Crippen MR) is 99.6 cm³/mol. The largest absolute Gasteiger partial charge is 0.496 e. The molecule has 0 aliphatic rings. The van der Waals surface area contributed by atoms with Crippen LogP contribution in [0, 0.1) is 0 Å². The van der Waals surface area contributed by atoms with E-state index in [1.807, 2.05) is 0 Å². The number of carbonyl (C=O) groups excluding carboxylic acids is 2. The molecular weight excluding hydrogens is 330 g/mol. The topological polar surface area (TPSA) is 80.3 Å². The lowest BCUT2D eigenvalue weighted by Gasteiger charge is -2.12. The van der Waals surface area contributed by atoms with Crippen LogP contribution in [0.2, 0.25) is 0 Å². The maximum Gasteiger partial charge on any atom is 0.259 e. The number of pyridine rings is 1. The van der Waals surface area contributed by atoms with Gasteiger partial charge in [0.25, 0.3) is 11.8 Å². The fourth-order valence-corrected chi connectivity index (χ4v) is 2.43. The van der Waals surface area contributed by atoms with Crippen molar-refractivity contribution in [1.29, 1.82) is 0 Å². The van der Waals surface area contributed by atoms with E-state index in [4.69, 9.17) is 4.74 Å². The van der Waals surface area contributed by atoms with E-state index in [-0.39, 0.29) is 11.8 Å². The van der Waals surface area contributed by atoms with Crippen molar-refractivity contribution in [2.75, 3.05) is 17.7 Å². The van der Waals surface area contributed by atoms with Gasteiger partial charge in [-0.05, 0) is 36.4 Å². The van der Waals surface area contributed by atoms with Crippen LogP contribution in [0.25, 0.3) is 0 Å². The van der Waals surface area contributed by atoms with Crippen molar-refractivity contribution in [2.24, 2.45) is 0 Å². The van der Waals surface area contributed by atoms with Crippen molar-refractivity contribution in [3.05, 3.63) is 84.1 Å². The van der Waals surface area contributed by atoms with Crippen molar-refractivity contribution >= 4 is 23.3 Å². The second kappa shape index (κ2) is 7.94. The van der Waals surface area contributed by atoms with Crippen LogP contribution in [-0.2, 0) is 0 Å². The van der Waals surface area contributed by atoms with E-state index in [1.165, 1.54) is 7.11 Å². The summed E-state index contributed by atoms with van der Waals surface area (Å²) in [5.74, 6) is 0.170. The van der Waals surface area contributed by atoms with Crippen molar-refractivity contribution in [1.82, 2.24) is 4.98 Å². The molecule has 2 N–H and O–H groups in total. The van der Waals surface area contributed by atoms with Gasteiger partial charge in [-0.25, -0.2) is 4.98 Å². The van der Waals surface area contributed by atoms with Crippen LogP contribution in [0.3, 0.4) is 0 Å². The van der Waals surface area contributed by atoms with E-state index in [1.54, 1.807) is 72.9 Å². The highest BCUT2D eigenvalue weighted by molar-refractivity contribution is 6.12. The summed E-state index contributed by atoms with van der Waals surface area (Å²) in [7, 11) is 1.50. The Kier molecular flexibility index (Phi) is 5.24. The van der Waals surface area contributed by atoms with E-state index in [0.717, 1.165) is 0 Å². The molecule has 1 aromatic heterocycles. The highest BCUT2D eigenvalue weighted by Crippen LogP contribution is 2.21. The quantitative estimate of drug-likeness (QED) is 0.739. The minimum absolute atomic E-state index is 0.335. The minimum Gasteiger partial charge on any atom is -0.496 e. The summed E-state index contributed by atoms with van der Waals surface area (Å²) in [5, 5.41) is 5.48. The van der Waals surface area contributed by atoms with Gasteiger partial charge in [0.15, 0.2) is 0 Å². The number of hydrogen-bond donors (Lipinski definition) is 2. The van der Waals surface area contributed by atoms with Crippen LogP contribution in [0.1, 0.15) is 20.7 Å². The number of aromatic nitrogens is 1. The molecule has 130 valence electrons. The van der Waals surface area contributed by atoms with Gasteiger partial charge in [-0.15, -0.1) is 0 Å². The number of benzene rings is 2. The number of nitrogens with zero attached hydrogens (tertiary/aromatic N) is 1. The Morgan fingerprint density at radius 3 is 2.19 bits per heavy atom. The van der Waals surface area contributed by atoms with Crippen LogP contribution in [0.5, 0.6) is 5.75 Å². The molecule has 1 heterocycles. The van der Waals surface area contributed by atoms with E-state index < -0.39 is 0 Å². The molecule has 0 aliphatic heterocycles. The Labute approximate surface area is 150 Å². The molecule has 6 nitrogen and oxygen atoms in total. The minimum atomic E-state index is -0.361. The summed E-state index contributed by atoms with van der Waals surface area (Å²) < 4.78 is 5.21. The van der Waals surface area contributed by atoms with Gasteiger partial charge in [-0.2, -0.15) is 0 Å². The summed E-state index contributed by atoms with van der Waals surface area (Å²) in [6.07, 6.45) is 1.59. The molecule has 0 spiro atoms. The van der Waals surface area contributed by atoms with Gasteiger partial charge >= 0.3 is 0 Å². The van der Waals surface area contributed by atoms with Crippen LogP contribution < -0.4 is 15.4 Å². The fraction of sp³-hybridized carbons (Fsp3) is 0.0500. The molecule has 0 unspecified atom stereocenters. The highest BCUT2D eigenvalue weighted by atomic mass is 16.5. The predicted octanol–water partition coefficient (Wildman–Crippen LogP) is 3.59. The maximum atomic E-state index is 12.6. The van der Waals surface area contributed by atoms with Crippen molar-refractivity contribution in [3.63, 3.8) is 0 Å². The van der Waals surface area contributed by atoms with Crippen LogP contribution in [0.4, 0.5) is 11.5 Å². The maximum absolute atomic E-state index is 12.6. The third-order valence-corrected chi connectivity index (χ3v) is 3.68. The summed E-state index contributed by atoms with van der Waals surface area (Å²) in [4.78, 5) is 29.2. The number of anilines is 2. The van der Waals surface area contributed by atoms with Gasteiger partial charge in [0.2, 0.25) is 0 Å². The second-order valence-corrected chi connectivity index (χ2v) is 5.37. The molecule has 26 heavy (non-hydrogen) atoms. The standard InChI is InChI=1S/C20H17N3O3/c1-26-17-11-5-3-9-15(17)20(25)22-16-10-4-2-8-14(16)19(24)23-18-12-6-7-13-21-18/h2-13H,1H3,(H,22,25)(H,21,23,24). The Balaban J connectivity index is 1.83. The average molecular weight is 347 g/mol. The molecule has 0 radical (unpaired) electrons. The van der Waals surface area contributed by atoms with Crippen molar-refractivity contribution in [2.45, 2.75) is 0 Å². The zero-order valence-corrected chi connectivity index (χ0v) is 14.1. The third kappa shape index (κ3) is 3.87. The van der Waals surface area contributed by atoms with Gasteiger partial charge in [0.1, 0.15) is 11.6 Å². The van der Waals surface area contributed by atoms with Crippen LogP contribution in [0.15, 0.2) is 72.9 Å². The SMILES string of the molecule is COc1ccccc1C(=O)Nc1ccccc1C(=O)Nc1ccccn1. The summed E-state index contributed by atoms with van der Waals surface area (Å²) in [6.45, 7) is 0. The normalized spacial score (nSPS) is 10.0.